The van der Waals surface area contributed by atoms with Gasteiger partial charge in [-0.3, -0.25) is 9.78 Å². The van der Waals surface area contributed by atoms with Crippen molar-refractivity contribution in [2.75, 3.05) is 19.6 Å². The van der Waals surface area contributed by atoms with Crippen molar-refractivity contribution < 1.29 is 9.21 Å². The molecule has 7 heteroatoms. The minimum atomic E-state index is 0.136. The van der Waals surface area contributed by atoms with E-state index in [1.165, 1.54) is 0 Å². The summed E-state index contributed by atoms with van der Waals surface area (Å²) in [6, 6.07) is 5.67. The molecule has 152 valence electrons. The maximum Gasteiger partial charge on any atom is 0.266 e. The number of hydrogen-bond acceptors (Lipinski definition) is 7. The number of carbonyl (C=O) groups excluding carboxylic acids is 1. The van der Waals surface area contributed by atoms with Crippen LogP contribution in [0.3, 0.4) is 0 Å². The first kappa shape index (κ1) is 19.6. The van der Waals surface area contributed by atoms with Crippen LogP contribution in [0.15, 0.2) is 28.8 Å². The van der Waals surface area contributed by atoms with Gasteiger partial charge in [-0.1, -0.05) is 13.8 Å². The normalized spacial score (nSPS) is 16.0. The van der Waals surface area contributed by atoms with Crippen molar-refractivity contribution in [1.29, 1.82) is 0 Å². The molecular formula is C22H27N5O2. The minimum Gasteiger partial charge on any atom is -0.420 e. The SMILES string of the molecule is Cc1nnc(-c2ccc3cnc(CC(=O)C4CCN(CC(C)C)CC4)cc3n2)o1. The summed E-state index contributed by atoms with van der Waals surface area (Å²) < 4.78 is 5.47. The average molecular weight is 393 g/mol. The first-order valence-corrected chi connectivity index (χ1v) is 10.3. The van der Waals surface area contributed by atoms with Crippen LogP contribution in [0.1, 0.15) is 38.3 Å². The van der Waals surface area contributed by atoms with Crippen molar-refractivity contribution >= 4 is 16.7 Å². The van der Waals surface area contributed by atoms with Crippen molar-refractivity contribution in [2.45, 2.75) is 40.0 Å². The number of piperidine rings is 1. The van der Waals surface area contributed by atoms with Gasteiger partial charge in [-0.05, 0) is 50.0 Å². The van der Waals surface area contributed by atoms with Crippen LogP contribution >= 0.6 is 0 Å². The van der Waals surface area contributed by atoms with E-state index >= 15 is 0 Å². The van der Waals surface area contributed by atoms with Crippen molar-refractivity contribution in [3.63, 3.8) is 0 Å². The summed E-state index contributed by atoms with van der Waals surface area (Å²) in [6.45, 7) is 9.35. The molecule has 1 fully saturated rings. The van der Waals surface area contributed by atoms with Crippen LogP contribution in [0, 0.1) is 18.8 Å². The molecule has 0 spiro atoms. The number of ketones is 1. The van der Waals surface area contributed by atoms with Crippen LogP contribution in [0.4, 0.5) is 0 Å². The highest BCUT2D eigenvalue weighted by molar-refractivity contribution is 5.85. The molecule has 1 aliphatic rings. The van der Waals surface area contributed by atoms with Gasteiger partial charge in [0.05, 0.1) is 5.52 Å². The highest BCUT2D eigenvalue weighted by Crippen LogP contribution is 2.23. The molecule has 0 amide bonds. The van der Waals surface area contributed by atoms with Gasteiger partial charge in [-0.25, -0.2) is 4.98 Å². The quantitative estimate of drug-likeness (QED) is 0.634. The Morgan fingerprint density at radius 3 is 2.72 bits per heavy atom. The van der Waals surface area contributed by atoms with Gasteiger partial charge in [0.15, 0.2) is 0 Å². The number of aromatic nitrogens is 4. The fourth-order valence-electron chi connectivity index (χ4n) is 3.95. The molecule has 29 heavy (non-hydrogen) atoms. The first-order valence-electron chi connectivity index (χ1n) is 10.3. The standard InChI is InChI=1S/C22H27N5O2/c1-14(2)13-27-8-6-16(7-9-27)21(28)11-18-10-20-17(12-23-18)4-5-19(24-20)22-26-25-15(3)29-22/h4-5,10,12,14,16H,6-9,11,13H2,1-3H3. The lowest BCUT2D eigenvalue weighted by Gasteiger charge is -2.32. The second-order valence-corrected chi connectivity index (χ2v) is 8.30. The predicted octanol–water partition coefficient (Wildman–Crippen LogP) is 3.47. The number of likely N-dealkylation sites (tertiary alicyclic amines) is 1. The molecule has 1 saturated heterocycles. The molecular weight excluding hydrogens is 366 g/mol. The molecule has 0 aromatic carbocycles. The maximum atomic E-state index is 12.8. The Kier molecular flexibility index (Phi) is 5.67. The lowest BCUT2D eigenvalue weighted by molar-refractivity contribution is -0.123. The smallest absolute Gasteiger partial charge is 0.266 e. The zero-order chi connectivity index (χ0) is 20.4. The third-order valence-electron chi connectivity index (χ3n) is 5.40. The number of rotatable bonds is 6. The molecule has 0 atom stereocenters. The topological polar surface area (TPSA) is 85.0 Å². The number of pyridine rings is 2. The Bertz CT molecular complexity index is 1010. The maximum absolute atomic E-state index is 12.8. The van der Waals surface area contributed by atoms with Gasteiger partial charge in [-0.15, -0.1) is 10.2 Å². The second-order valence-electron chi connectivity index (χ2n) is 8.30. The summed E-state index contributed by atoms with van der Waals surface area (Å²) in [7, 11) is 0. The number of Topliss-reactive ketones (excluding diaryl/α,β-unsaturated/α-hetero) is 1. The van der Waals surface area contributed by atoms with E-state index in [1.807, 2.05) is 18.2 Å². The zero-order valence-electron chi connectivity index (χ0n) is 17.3. The van der Waals surface area contributed by atoms with Crippen LogP contribution < -0.4 is 0 Å². The summed E-state index contributed by atoms with van der Waals surface area (Å²) >= 11 is 0. The van der Waals surface area contributed by atoms with Gasteiger partial charge < -0.3 is 9.32 Å². The largest absolute Gasteiger partial charge is 0.420 e. The fourth-order valence-corrected chi connectivity index (χ4v) is 3.95. The molecule has 0 radical (unpaired) electrons. The zero-order valence-corrected chi connectivity index (χ0v) is 17.3. The van der Waals surface area contributed by atoms with Crippen molar-refractivity contribution in [3.8, 4) is 11.6 Å². The third kappa shape index (κ3) is 4.67. The molecule has 0 unspecified atom stereocenters. The predicted molar refractivity (Wildman–Crippen MR) is 110 cm³/mol. The number of carbonyl (C=O) groups is 1. The first-order chi connectivity index (χ1) is 14.0. The molecule has 0 bridgehead atoms. The van der Waals surface area contributed by atoms with Crippen LogP contribution in [0.25, 0.3) is 22.5 Å². The van der Waals surface area contributed by atoms with Crippen molar-refractivity contribution in [1.82, 2.24) is 25.1 Å². The highest BCUT2D eigenvalue weighted by atomic mass is 16.4. The van der Waals surface area contributed by atoms with Gasteiger partial charge in [0, 0.05) is 43.1 Å². The summed E-state index contributed by atoms with van der Waals surface area (Å²) in [5.74, 6) is 1.98. The number of aryl methyl sites for hydroxylation is 1. The highest BCUT2D eigenvalue weighted by Gasteiger charge is 2.25. The minimum absolute atomic E-state index is 0.136. The van der Waals surface area contributed by atoms with E-state index in [-0.39, 0.29) is 11.7 Å². The van der Waals surface area contributed by atoms with Crippen LogP contribution in [-0.4, -0.2) is 50.5 Å². The van der Waals surface area contributed by atoms with Gasteiger partial charge >= 0.3 is 0 Å². The van der Waals surface area contributed by atoms with E-state index in [0.29, 0.717) is 29.8 Å². The summed E-state index contributed by atoms with van der Waals surface area (Å²) in [5, 5.41) is 8.80. The number of nitrogens with zero attached hydrogens (tertiary/aromatic N) is 5. The second kappa shape index (κ2) is 8.37. The summed E-state index contributed by atoms with van der Waals surface area (Å²) in [5.41, 5.74) is 2.17. The molecule has 3 aromatic heterocycles. The van der Waals surface area contributed by atoms with Crippen molar-refractivity contribution in [2.24, 2.45) is 11.8 Å². The molecule has 4 rings (SSSR count). The Balaban J connectivity index is 1.44. The summed E-state index contributed by atoms with van der Waals surface area (Å²) in [6.07, 6.45) is 4.02. The fraction of sp³-hybridized carbons (Fsp3) is 0.500. The van der Waals surface area contributed by atoms with Crippen LogP contribution in [0.5, 0.6) is 0 Å². The van der Waals surface area contributed by atoms with E-state index in [2.05, 4.69) is 38.9 Å². The summed E-state index contributed by atoms with van der Waals surface area (Å²) in [4.78, 5) is 24.4. The van der Waals surface area contributed by atoms with E-state index in [0.717, 1.165) is 49.1 Å². The van der Waals surface area contributed by atoms with Crippen molar-refractivity contribution in [3.05, 3.63) is 36.0 Å². The van der Waals surface area contributed by atoms with Gasteiger partial charge in [-0.2, -0.15) is 0 Å². The van der Waals surface area contributed by atoms with E-state index in [1.54, 1.807) is 13.1 Å². The van der Waals surface area contributed by atoms with Gasteiger partial charge in [0.25, 0.3) is 5.89 Å². The Morgan fingerprint density at radius 2 is 2.03 bits per heavy atom. The number of hydrogen-bond donors (Lipinski definition) is 0. The molecule has 0 N–H and O–H groups in total. The molecule has 0 aliphatic carbocycles. The number of fused-ring (bicyclic) bond motifs is 1. The van der Waals surface area contributed by atoms with Gasteiger partial charge in [0.2, 0.25) is 5.89 Å². The van der Waals surface area contributed by atoms with Crippen LogP contribution in [-0.2, 0) is 11.2 Å². The van der Waals surface area contributed by atoms with E-state index in [9.17, 15) is 4.79 Å². The Morgan fingerprint density at radius 1 is 1.24 bits per heavy atom. The Hall–Kier alpha value is -2.67. The van der Waals surface area contributed by atoms with E-state index in [4.69, 9.17) is 4.42 Å². The molecule has 0 saturated carbocycles. The molecule has 7 nitrogen and oxygen atoms in total. The van der Waals surface area contributed by atoms with E-state index < -0.39 is 0 Å². The monoisotopic (exact) mass is 393 g/mol. The van der Waals surface area contributed by atoms with Crippen LogP contribution in [0.2, 0.25) is 0 Å². The van der Waals surface area contributed by atoms with Gasteiger partial charge in [0.1, 0.15) is 11.5 Å². The molecule has 3 aromatic rings. The average Bonchev–Trinajstić information content (AvgIpc) is 3.14. The Labute approximate surface area is 170 Å². The molecule has 4 heterocycles. The molecule has 1 aliphatic heterocycles. The third-order valence-corrected chi connectivity index (χ3v) is 5.40. The lowest BCUT2D eigenvalue weighted by atomic mass is 9.90. The lowest BCUT2D eigenvalue weighted by Crippen LogP contribution is -2.38.